The summed E-state index contributed by atoms with van der Waals surface area (Å²) in [5, 5.41) is 4.06. The Bertz CT molecular complexity index is 673. The van der Waals surface area contributed by atoms with Gasteiger partial charge in [-0.3, -0.25) is 4.99 Å². The van der Waals surface area contributed by atoms with E-state index in [1.807, 2.05) is 60.7 Å². The maximum atomic E-state index is 12.7. The van der Waals surface area contributed by atoms with Crippen molar-refractivity contribution in [1.29, 1.82) is 0 Å². The first kappa shape index (κ1) is 14.7. The van der Waals surface area contributed by atoms with E-state index in [4.69, 9.17) is 0 Å². The average Bonchev–Trinajstić information content (AvgIpc) is 2.95. The van der Waals surface area contributed by atoms with Gasteiger partial charge in [0, 0.05) is 10.9 Å². The highest BCUT2D eigenvalue weighted by atomic mass is 32.2. The minimum atomic E-state index is -0.197. The molecule has 0 radical (unpaired) electrons. The maximum Gasteiger partial charge on any atom is 0.332 e. The molecular formula is C17H17N3OS. The lowest BCUT2D eigenvalue weighted by molar-refractivity contribution is 0.259. The number of hydrogen-bond acceptors (Lipinski definition) is 3. The SMILES string of the molecule is CC1CN=C(N(C(=O)Nc2ccccc2)c2ccccc2)S1. The fourth-order valence-electron chi connectivity index (χ4n) is 2.18. The number of urea groups is 1. The Morgan fingerprint density at radius 1 is 1.14 bits per heavy atom. The molecule has 0 saturated heterocycles. The van der Waals surface area contributed by atoms with E-state index >= 15 is 0 Å². The Morgan fingerprint density at radius 3 is 2.36 bits per heavy atom. The number of amides is 2. The van der Waals surface area contributed by atoms with Gasteiger partial charge in [-0.1, -0.05) is 55.1 Å². The van der Waals surface area contributed by atoms with Crippen LogP contribution in [0.25, 0.3) is 0 Å². The number of para-hydroxylation sites is 2. The van der Waals surface area contributed by atoms with Crippen LogP contribution in [0.5, 0.6) is 0 Å². The number of amidine groups is 1. The third-order valence-corrected chi connectivity index (χ3v) is 4.30. The van der Waals surface area contributed by atoms with Gasteiger partial charge in [-0.25, -0.2) is 9.69 Å². The zero-order valence-corrected chi connectivity index (χ0v) is 13.1. The van der Waals surface area contributed by atoms with Crippen molar-refractivity contribution in [3.8, 4) is 0 Å². The summed E-state index contributed by atoms with van der Waals surface area (Å²) >= 11 is 1.62. The molecule has 2 amide bonds. The molecule has 1 aliphatic heterocycles. The molecule has 1 aliphatic rings. The first-order valence-electron chi connectivity index (χ1n) is 7.16. The van der Waals surface area contributed by atoms with Crippen LogP contribution in [-0.4, -0.2) is 23.0 Å². The number of carbonyl (C=O) groups is 1. The fraction of sp³-hybridized carbons (Fsp3) is 0.176. The molecule has 1 heterocycles. The molecule has 1 N–H and O–H groups in total. The van der Waals surface area contributed by atoms with Crippen molar-refractivity contribution >= 4 is 34.3 Å². The van der Waals surface area contributed by atoms with Gasteiger partial charge in [0.15, 0.2) is 5.17 Å². The average molecular weight is 311 g/mol. The molecule has 2 aromatic carbocycles. The molecule has 5 heteroatoms. The number of rotatable bonds is 2. The summed E-state index contributed by atoms with van der Waals surface area (Å²) in [6.45, 7) is 2.85. The molecule has 4 nitrogen and oxygen atoms in total. The first-order valence-corrected chi connectivity index (χ1v) is 8.04. The molecule has 0 bridgehead atoms. The third-order valence-electron chi connectivity index (χ3n) is 3.22. The topological polar surface area (TPSA) is 44.7 Å². The largest absolute Gasteiger partial charge is 0.332 e. The molecule has 0 fully saturated rings. The van der Waals surface area contributed by atoms with Crippen LogP contribution in [-0.2, 0) is 0 Å². The minimum Gasteiger partial charge on any atom is -0.307 e. The minimum absolute atomic E-state index is 0.197. The van der Waals surface area contributed by atoms with Gasteiger partial charge in [0.25, 0.3) is 0 Å². The highest BCUT2D eigenvalue weighted by molar-refractivity contribution is 8.15. The van der Waals surface area contributed by atoms with E-state index in [1.165, 1.54) is 0 Å². The smallest absolute Gasteiger partial charge is 0.307 e. The van der Waals surface area contributed by atoms with E-state index in [0.29, 0.717) is 5.25 Å². The summed E-state index contributed by atoms with van der Waals surface area (Å²) in [5.41, 5.74) is 1.58. The van der Waals surface area contributed by atoms with Crippen molar-refractivity contribution in [1.82, 2.24) is 0 Å². The lowest BCUT2D eigenvalue weighted by Crippen LogP contribution is -2.38. The summed E-state index contributed by atoms with van der Waals surface area (Å²) in [6, 6.07) is 18.8. The number of nitrogens with one attached hydrogen (secondary N) is 1. The van der Waals surface area contributed by atoms with Crippen molar-refractivity contribution in [3.05, 3.63) is 60.7 Å². The summed E-state index contributed by atoms with van der Waals surface area (Å²) < 4.78 is 0. The third kappa shape index (κ3) is 3.31. The van der Waals surface area contributed by atoms with Crippen LogP contribution in [0.2, 0.25) is 0 Å². The van der Waals surface area contributed by atoms with Gasteiger partial charge in [0.2, 0.25) is 0 Å². The predicted molar refractivity (Wildman–Crippen MR) is 93.7 cm³/mol. The van der Waals surface area contributed by atoms with Gasteiger partial charge in [-0.2, -0.15) is 0 Å². The highest BCUT2D eigenvalue weighted by Crippen LogP contribution is 2.27. The van der Waals surface area contributed by atoms with Gasteiger partial charge in [-0.05, 0) is 24.3 Å². The van der Waals surface area contributed by atoms with Crippen LogP contribution < -0.4 is 10.2 Å². The van der Waals surface area contributed by atoms with Gasteiger partial charge >= 0.3 is 6.03 Å². The van der Waals surface area contributed by atoms with Gasteiger partial charge in [-0.15, -0.1) is 0 Å². The molecule has 1 unspecified atom stereocenters. The van der Waals surface area contributed by atoms with Gasteiger partial charge in [0.1, 0.15) is 0 Å². The summed E-state index contributed by atoms with van der Waals surface area (Å²) in [4.78, 5) is 18.9. The Labute approximate surface area is 134 Å². The number of thioether (sulfide) groups is 1. The standard InChI is InChI=1S/C17H17N3OS/c1-13-12-18-17(22-13)20(15-10-6-3-7-11-15)16(21)19-14-8-4-2-5-9-14/h2-11,13H,12H2,1H3,(H,19,21). The van der Waals surface area contributed by atoms with Crippen LogP contribution >= 0.6 is 11.8 Å². The number of carbonyl (C=O) groups excluding carboxylic acids is 1. The van der Waals surface area contributed by atoms with Crippen molar-refractivity contribution < 1.29 is 4.79 Å². The molecule has 112 valence electrons. The number of nitrogens with zero attached hydrogens (tertiary/aromatic N) is 2. The number of benzene rings is 2. The molecule has 0 saturated carbocycles. The molecule has 22 heavy (non-hydrogen) atoms. The quantitative estimate of drug-likeness (QED) is 0.902. The summed E-state index contributed by atoms with van der Waals surface area (Å²) in [6.07, 6.45) is 0. The zero-order chi connectivity index (χ0) is 15.4. The van der Waals surface area contributed by atoms with Crippen LogP contribution in [0.15, 0.2) is 65.7 Å². The fourth-order valence-corrected chi connectivity index (χ4v) is 3.13. The van der Waals surface area contributed by atoms with Gasteiger partial charge < -0.3 is 5.32 Å². The Kier molecular flexibility index (Phi) is 4.44. The van der Waals surface area contributed by atoms with Crippen LogP contribution in [0, 0.1) is 0 Å². The van der Waals surface area contributed by atoms with Crippen molar-refractivity contribution in [3.63, 3.8) is 0 Å². The molecule has 3 rings (SSSR count). The van der Waals surface area contributed by atoms with E-state index in [0.717, 1.165) is 23.1 Å². The predicted octanol–water partition coefficient (Wildman–Crippen LogP) is 4.22. The number of hydrogen-bond donors (Lipinski definition) is 1. The van der Waals surface area contributed by atoms with Crippen molar-refractivity contribution in [2.75, 3.05) is 16.8 Å². The molecule has 0 aliphatic carbocycles. The van der Waals surface area contributed by atoms with Gasteiger partial charge in [0.05, 0.1) is 12.2 Å². The Morgan fingerprint density at radius 2 is 1.77 bits per heavy atom. The number of aliphatic imine (C=N–C) groups is 1. The lowest BCUT2D eigenvalue weighted by Gasteiger charge is -2.22. The zero-order valence-electron chi connectivity index (χ0n) is 12.3. The summed E-state index contributed by atoms with van der Waals surface area (Å²) in [5.74, 6) is 0. The Balaban J connectivity index is 1.87. The van der Waals surface area contributed by atoms with Crippen LogP contribution in [0.4, 0.5) is 16.2 Å². The van der Waals surface area contributed by atoms with Crippen LogP contribution in [0.1, 0.15) is 6.92 Å². The molecule has 1 atom stereocenters. The van der Waals surface area contributed by atoms with E-state index in [-0.39, 0.29) is 6.03 Å². The number of anilines is 2. The van der Waals surface area contributed by atoms with E-state index in [1.54, 1.807) is 16.7 Å². The van der Waals surface area contributed by atoms with E-state index < -0.39 is 0 Å². The molecule has 0 aromatic heterocycles. The second-order valence-corrected chi connectivity index (χ2v) is 6.42. The monoisotopic (exact) mass is 311 g/mol. The molecular weight excluding hydrogens is 294 g/mol. The highest BCUT2D eigenvalue weighted by Gasteiger charge is 2.27. The second-order valence-electron chi connectivity index (χ2n) is 5.02. The normalized spacial score (nSPS) is 17.0. The molecule has 0 spiro atoms. The molecule has 2 aromatic rings. The summed E-state index contributed by atoms with van der Waals surface area (Å²) in [7, 11) is 0. The first-order chi connectivity index (χ1) is 10.7. The van der Waals surface area contributed by atoms with E-state index in [2.05, 4.69) is 17.2 Å². The van der Waals surface area contributed by atoms with Crippen molar-refractivity contribution in [2.45, 2.75) is 12.2 Å². The van der Waals surface area contributed by atoms with Crippen molar-refractivity contribution in [2.24, 2.45) is 4.99 Å². The lowest BCUT2D eigenvalue weighted by atomic mass is 10.3. The van der Waals surface area contributed by atoms with E-state index in [9.17, 15) is 4.79 Å². The Hall–Kier alpha value is -2.27. The maximum absolute atomic E-state index is 12.7. The second kappa shape index (κ2) is 6.66. The van der Waals surface area contributed by atoms with Crippen LogP contribution in [0.3, 0.4) is 0 Å².